The monoisotopic (exact) mass is 311 g/mol. The minimum atomic E-state index is -3.77. The van der Waals surface area contributed by atoms with Crippen LogP contribution in [-0.2, 0) is 21.3 Å². The molecule has 1 aromatic heterocycles. The Balaban J connectivity index is 2.27. The van der Waals surface area contributed by atoms with E-state index < -0.39 is 16.0 Å². The van der Waals surface area contributed by atoms with Crippen LogP contribution >= 0.6 is 11.3 Å². The molecule has 5 nitrogen and oxygen atoms in total. The van der Waals surface area contributed by atoms with Crippen LogP contribution in [0.2, 0.25) is 0 Å². The normalized spacial score (nSPS) is 11.2. The Morgan fingerprint density at radius 2 is 2.05 bits per heavy atom. The average molecular weight is 311 g/mol. The van der Waals surface area contributed by atoms with Crippen molar-refractivity contribution in [1.82, 2.24) is 4.72 Å². The second-order valence-electron chi connectivity index (χ2n) is 3.94. The van der Waals surface area contributed by atoms with Gasteiger partial charge in [-0.05, 0) is 34.5 Å². The molecule has 1 N–H and O–H groups in total. The number of benzene rings is 1. The fourth-order valence-electron chi connectivity index (χ4n) is 1.63. The predicted molar refractivity (Wildman–Crippen MR) is 76.1 cm³/mol. The van der Waals surface area contributed by atoms with Crippen LogP contribution in [0.25, 0.3) is 0 Å². The van der Waals surface area contributed by atoms with Gasteiger partial charge in [0.25, 0.3) is 0 Å². The zero-order chi connectivity index (χ0) is 14.6. The van der Waals surface area contributed by atoms with E-state index in [9.17, 15) is 13.2 Å². The van der Waals surface area contributed by atoms with Crippen molar-refractivity contribution in [2.45, 2.75) is 11.4 Å². The molecule has 7 heteroatoms. The standard InChI is InChI=1S/C13H13NO4S2/c1-18-13(15)11-4-2-3-5-12(11)20(16,17)14-8-10-6-7-19-9-10/h2-7,9,14H,8H2,1H3. The molecule has 0 fully saturated rings. The van der Waals surface area contributed by atoms with E-state index in [0.29, 0.717) is 0 Å². The van der Waals surface area contributed by atoms with Crippen LogP contribution in [0.1, 0.15) is 15.9 Å². The Hall–Kier alpha value is -1.70. The summed E-state index contributed by atoms with van der Waals surface area (Å²) in [5.41, 5.74) is 0.891. The number of sulfonamides is 1. The molecule has 0 aliphatic rings. The van der Waals surface area contributed by atoms with Crippen molar-refractivity contribution in [1.29, 1.82) is 0 Å². The molecule has 0 radical (unpaired) electrons. The van der Waals surface area contributed by atoms with Crippen molar-refractivity contribution in [2.75, 3.05) is 7.11 Å². The minimum absolute atomic E-state index is 0.0211. The third kappa shape index (κ3) is 3.24. The Bertz CT molecular complexity index is 693. The topological polar surface area (TPSA) is 72.5 Å². The summed E-state index contributed by atoms with van der Waals surface area (Å²) in [5, 5.41) is 3.72. The summed E-state index contributed by atoms with van der Waals surface area (Å²) in [6, 6.07) is 7.78. The maximum Gasteiger partial charge on any atom is 0.339 e. The SMILES string of the molecule is COC(=O)c1ccccc1S(=O)(=O)NCc1ccsc1. The molecular weight excluding hydrogens is 298 g/mol. The van der Waals surface area contributed by atoms with Gasteiger partial charge in [0.2, 0.25) is 10.0 Å². The van der Waals surface area contributed by atoms with Crippen molar-refractivity contribution in [3.63, 3.8) is 0 Å². The predicted octanol–water partition coefficient (Wildman–Crippen LogP) is 2.01. The van der Waals surface area contributed by atoms with E-state index in [4.69, 9.17) is 0 Å². The molecule has 0 saturated carbocycles. The fourth-order valence-corrected chi connectivity index (χ4v) is 3.51. The Morgan fingerprint density at radius 1 is 1.30 bits per heavy atom. The van der Waals surface area contributed by atoms with Gasteiger partial charge in [-0.1, -0.05) is 12.1 Å². The molecule has 2 aromatic rings. The smallest absolute Gasteiger partial charge is 0.339 e. The number of thiophene rings is 1. The molecule has 20 heavy (non-hydrogen) atoms. The largest absolute Gasteiger partial charge is 0.465 e. The molecule has 106 valence electrons. The molecule has 0 bridgehead atoms. The molecule has 1 aromatic carbocycles. The first-order valence-electron chi connectivity index (χ1n) is 5.72. The molecule has 0 aliphatic heterocycles. The number of rotatable bonds is 5. The molecular formula is C13H13NO4S2. The van der Waals surface area contributed by atoms with Gasteiger partial charge in [-0.15, -0.1) is 0 Å². The number of carbonyl (C=O) groups is 1. The van der Waals surface area contributed by atoms with E-state index in [-0.39, 0.29) is 17.0 Å². The van der Waals surface area contributed by atoms with E-state index in [1.165, 1.54) is 30.6 Å². The zero-order valence-corrected chi connectivity index (χ0v) is 12.3. The molecule has 0 spiro atoms. The molecule has 0 saturated heterocycles. The van der Waals surface area contributed by atoms with Gasteiger partial charge in [0, 0.05) is 6.54 Å². The lowest BCUT2D eigenvalue weighted by atomic mass is 10.2. The van der Waals surface area contributed by atoms with Crippen molar-refractivity contribution in [3.8, 4) is 0 Å². The number of hydrogen-bond donors (Lipinski definition) is 1. The summed E-state index contributed by atoms with van der Waals surface area (Å²) in [4.78, 5) is 11.5. The van der Waals surface area contributed by atoms with Crippen molar-refractivity contribution >= 4 is 27.3 Å². The van der Waals surface area contributed by atoms with Crippen molar-refractivity contribution in [2.24, 2.45) is 0 Å². The van der Waals surface area contributed by atoms with Gasteiger partial charge < -0.3 is 4.74 Å². The first-order valence-corrected chi connectivity index (χ1v) is 8.15. The van der Waals surface area contributed by atoms with Crippen LogP contribution < -0.4 is 4.72 Å². The highest BCUT2D eigenvalue weighted by Gasteiger charge is 2.22. The summed E-state index contributed by atoms with van der Waals surface area (Å²) < 4.78 is 31.6. The van der Waals surface area contributed by atoms with E-state index in [1.807, 2.05) is 16.8 Å². The lowest BCUT2D eigenvalue weighted by molar-refractivity contribution is 0.0596. The van der Waals surface area contributed by atoms with Crippen LogP contribution in [0, 0.1) is 0 Å². The first kappa shape index (κ1) is 14.7. The van der Waals surface area contributed by atoms with Crippen LogP contribution in [-0.4, -0.2) is 21.5 Å². The molecule has 0 aliphatic carbocycles. The van der Waals surface area contributed by atoms with Gasteiger partial charge >= 0.3 is 5.97 Å². The highest BCUT2D eigenvalue weighted by molar-refractivity contribution is 7.89. The van der Waals surface area contributed by atoms with Crippen molar-refractivity contribution < 1.29 is 17.9 Å². The van der Waals surface area contributed by atoms with Crippen LogP contribution in [0.15, 0.2) is 46.0 Å². The summed E-state index contributed by atoms with van der Waals surface area (Å²) in [6.45, 7) is 0.182. The van der Waals surface area contributed by atoms with E-state index in [1.54, 1.807) is 12.1 Å². The Labute approximate surface area is 121 Å². The second kappa shape index (κ2) is 6.17. The van der Waals surface area contributed by atoms with Gasteiger partial charge in [0.1, 0.15) is 0 Å². The number of methoxy groups -OCH3 is 1. The first-order chi connectivity index (χ1) is 9.54. The number of nitrogens with one attached hydrogen (secondary N) is 1. The highest BCUT2D eigenvalue weighted by Crippen LogP contribution is 2.17. The Morgan fingerprint density at radius 3 is 2.70 bits per heavy atom. The molecule has 0 amide bonds. The average Bonchev–Trinajstić information content (AvgIpc) is 2.98. The molecule has 2 rings (SSSR count). The maximum absolute atomic E-state index is 12.3. The highest BCUT2D eigenvalue weighted by atomic mass is 32.2. The number of carbonyl (C=O) groups excluding carboxylic acids is 1. The van der Waals surface area contributed by atoms with E-state index in [0.717, 1.165) is 5.56 Å². The zero-order valence-electron chi connectivity index (χ0n) is 10.7. The number of ether oxygens (including phenoxy) is 1. The maximum atomic E-state index is 12.3. The minimum Gasteiger partial charge on any atom is -0.465 e. The summed E-state index contributed by atoms with van der Waals surface area (Å²) in [7, 11) is -2.56. The number of hydrogen-bond acceptors (Lipinski definition) is 5. The summed E-state index contributed by atoms with van der Waals surface area (Å²) in [6.07, 6.45) is 0. The molecule has 0 unspecified atom stereocenters. The van der Waals surface area contributed by atoms with Crippen LogP contribution in [0.3, 0.4) is 0 Å². The Kier molecular flexibility index (Phi) is 4.53. The molecule has 0 atom stereocenters. The third-order valence-corrected chi connectivity index (χ3v) is 4.82. The second-order valence-corrected chi connectivity index (χ2v) is 6.46. The summed E-state index contributed by atoms with van der Waals surface area (Å²) in [5.74, 6) is -0.679. The molecule has 1 heterocycles. The van der Waals surface area contributed by atoms with E-state index >= 15 is 0 Å². The van der Waals surface area contributed by atoms with Crippen molar-refractivity contribution in [3.05, 3.63) is 52.2 Å². The summed E-state index contributed by atoms with van der Waals surface area (Å²) >= 11 is 1.49. The quantitative estimate of drug-likeness (QED) is 0.857. The fraction of sp³-hybridized carbons (Fsp3) is 0.154. The number of esters is 1. The lowest BCUT2D eigenvalue weighted by Crippen LogP contribution is -2.25. The van der Waals surface area contributed by atoms with E-state index in [2.05, 4.69) is 9.46 Å². The third-order valence-electron chi connectivity index (χ3n) is 2.63. The lowest BCUT2D eigenvalue weighted by Gasteiger charge is -2.09. The van der Waals surface area contributed by atoms with Crippen LogP contribution in [0.4, 0.5) is 0 Å². The van der Waals surface area contributed by atoms with Gasteiger partial charge in [-0.3, -0.25) is 0 Å². The van der Waals surface area contributed by atoms with Gasteiger partial charge in [0.05, 0.1) is 17.6 Å². The van der Waals surface area contributed by atoms with Crippen LogP contribution in [0.5, 0.6) is 0 Å². The van der Waals surface area contributed by atoms with Gasteiger partial charge in [-0.25, -0.2) is 17.9 Å². The van der Waals surface area contributed by atoms with Gasteiger partial charge in [0.15, 0.2) is 0 Å². The van der Waals surface area contributed by atoms with Gasteiger partial charge in [-0.2, -0.15) is 11.3 Å².